The van der Waals surface area contributed by atoms with E-state index in [2.05, 4.69) is 18.8 Å². The van der Waals surface area contributed by atoms with Gasteiger partial charge in [0, 0.05) is 19.5 Å². The Balaban J connectivity index is 2.70. The first-order valence-corrected chi connectivity index (χ1v) is 6.25. The molecule has 0 aliphatic carbocycles. The van der Waals surface area contributed by atoms with E-state index >= 15 is 0 Å². The fourth-order valence-corrected chi connectivity index (χ4v) is 2.04. The molecule has 0 radical (unpaired) electrons. The Kier molecular flexibility index (Phi) is 3.42. The molecule has 0 aliphatic heterocycles. The van der Waals surface area contributed by atoms with Gasteiger partial charge in [0.1, 0.15) is 11.4 Å². The van der Waals surface area contributed by atoms with Crippen molar-refractivity contribution in [1.82, 2.24) is 4.98 Å². The molecule has 0 saturated carbocycles. The molecule has 0 amide bonds. The van der Waals surface area contributed by atoms with Crippen LogP contribution < -0.4 is 4.90 Å². The van der Waals surface area contributed by atoms with Crippen molar-refractivity contribution >= 4 is 22.7 Å². The van der Waals surface area contributed by atoms with Gasteiger partial charge in [0.2, 0.25) is 0 Å². The van der Waals surface area contributed by atoms with E-state index in [1.807, 2.05) is 18.2 Å². The maximum atomic E-state index is 11.3. The van der Waals surface area contributed by atoms with E-state index in [0.717, 1.165) is 10.9 Å². The van der Waals surface area contributed by atoms with E-state index in [0.29, 0.717) is 11.7 Å². The highest BCUT2D eigenvalue weighted by Gasteiger charge is 2.15. The maximum absolute atomic E-state index is 11.3. The van der Waals surface area contributed by atoms with E-state index in [1.54, 1.807) is 25.1 Å². The van der Waals surface area contributed by atoms with Crippen LogP contribution in [0.15, 0.2) is 24.3 Å². The van der Waals surface area contributed by atoms with Gasteiger partial charge in [0.25, 0.3) is 0 Å². The van der Waals surface area contributed by atoms with Crippen molar-refractivity contribution in [3.63, 3.8) is 0 Å². The number of fused-ring (bicyclic) bond motifs is 1. The zero-order valence-electron chi connectivity index (χ0n) is 11.6. The van der Waals surface area contributed by atoms with Gasteiger partial charge in [-0.1, -0.05) is 19.9 Å². The number of hydrogen-bond donors (Lipinski definition) is 1. The summed E-state index contributed by atoms with van der Waals surface area (Å²) in [5.41, 5.74) is 2.24. The average molecular weight is 258 g/mol. The van der Waals surface area contributed by atoms with Gasteiger partial charge in [-0.15, -0.1) is 0 Å². The number of carbonyl (C=O) groups is 1. The highest BCUT2D eigenvalue weighted by atomic mass is 16.4. The van der Waals surface area contributed by atoms with Crippen LogP contribution >= 0.6 is 0 Å². The van der Waals surface area contributed by atoms with Crippen molar-refractivity contribution < 1.29 is 9.90 Å². The van der Waals surface area contributed by atoms with Gasteiger partial charge in [-0.25, -0.2) is 9.78 Å². The molecule has 0 bridgehead atoms. The number of rotatable bonds is 3. The van der Waals surface area contributed by atoms with E-state index in [4.69, 9.17) is 0 Å². The summed E-state index contributed by atoms with van der Waals surface area (Å²) in [6, 6.07) is 7.70. The fourth-order valence-electron chi connectivity index (χ4n) is 2.04. The van der Waals surface area contributed by atoms with Gasteiger partial charge in [-0.2, -0.15) is 0 Å². The molecule has 4 heteroatoms. The fraction of sp³-hybridized carbons (Fsp3) is 0.333. The van der Waals surface area contributed by atoms with Crippen LogP contribution in [-0.4, -0.2) is 30.2 Å². The predicted molar refractivity (Wildman–Crippen MR) is 77.1 cm³/mol. The van der Waals surface area contributed by atoms with Gasteiger partial charge >= 0.3 is 5.97 Å². The lowest BCUT2D eigenvalue weighted by Crippen LogP contribution is -2.15. The lowest BCUT2D eigenvalue weighted by molar-refractivity contribution is 0.0697. The zero-order chi connectivity index (χ0) is 14.2. The molecule has 0 saturated heterocycles. The van der Waals surface area contributed by atoms with Crippen LogP contribution in [-0.2, 0) is 0 Å². The Labute approximate surface area is 112 Å². The van der Waals surface area contributed by atoms with Gasteiger partial charge in [-0.05, 0) is 29.7 Å². The number of aromatic carboxylic acids is 1. The number of pyridine rings is 1. The summed E-state index contributed by atoms with van der Waals surface area (Å²) in [6.45, 7) is 4.22. The summed E-state index contributed by atoms with van der Waals surface area (Å²) >= 11 is 0. The molecule has 4 nitrogen and oxygen atoms in total. The molecule has 0 atom stereocenters. The molecular weight excluding hydrogens is 240 g/mol. The molecule has 1 aromatic heterocycles. The lowest BCUT2D eigenvalue weighted by atomic mass is 10.0. The van der Waals surface area contributed by atoms with Gasteiger partial charge in [0.05, 0.1) is 5.52 Å². The van der Waals surface area contributed by atoms with E-state index in [-0.39, 0.29) is 5.56 Å². The number of carboxylic acid groups (broad SMARTS) is 1. The third-order valence-electron chi connectivity index (χ3n) is 3.14. The number of benzene rings is 1. The number of aromatic nitrogens is 1. The third-order valence-corrected chi connectivity index (χ3v) is 3.14. The van der Waals surface area contributed by atoms with Crippen molar-refractivity contribution in [3.05, 3.63) is 35.4 Å². The SMILES string of the molecule is CC(C)c1ccc2nc(N(C)C)c(C(=O)O)cc2c1. The van der Waals surface area contributed by atoms with Crippen molar-refractivity contribution in [2.45, 2.75) is 19.8 Å². The predicted octanol–water partition coefficient (Wildman–Crippen LogP) is 3.12. The average Bonchev–Trinajstić information content (AvgIpc) is 2.36. The van der Waals surface area contributed by atoms with E-state index < -0.39 is 5.97 Å². The lowest BCUT2D eigenvalue weighted by Gasteiger charge is -2.15. The van der Waals surface area contributed by atoms with Crippen LogP contribution in [0.2, 0.25) is 0 Å². The van der Waals surface area contributed by atoms with Crippen molar-refractivity contribution in [3.8, 4) is 0 Å². The van der Waals surface area contributed by atoms with Crippen molar-refractivity contribution in [2.75, 3.05) is 19.0 Å². The smallest absolute Gasteiger partial charge is 0.339 e. The topological polar surface area (TPSA) is 53.4 Å². The summed E-state index contributed by atoms with van der Waals surface area (Å²) in [7, 11) is 3.59. The monoisotopic (exact) mass is 258 g/mol. The molecule has 2 rings (SSSR count). The first-order valence-electron chi connectivity index (χ1n) is 6.25. The summed E-state index contributed by atoms with van der Waals surface area (Å²) in [4.78, 5) is 17.5. The van der Waals surface area contributed by atoms with Crippen LogP contribution in [0, 0.1) is 0 Å². The first-order chi connectivity index (χ1) is 8.90. The standard InChI is InChI=1S/C15H18N2O2/c1-9(2)10-5-6-13-11(7-10)8-12(15(18)19)14(16-13)17(3)4/h5-9H,1-4H3,(H,18,19). The molecule has 0 unspecified atom stereocenters. The minimum absolute atomic E-state index is 0.235. The minimum Gasteiger partial charge on any atom is -0.478 e. The van der Waals surface area contributed by atoms with Crippen LogP contribution in [0.5, 0.6) is 0 Å². The number of anilines is 1. The highest BCUT2D eigenvalue weighted by molar-refractivity contribution is 5.98. The molecule has 19 heavy (non-hydrogen) atoms. The minimum atomic E-state index is -0.951. The second kappa shape index (κ2) is 4.88. The summed E-state index contributed by atoms with van der Waals surface area (Å²) < 4.78 is 0. The normalized spacial score (nSPS) is 11.0. The molecule has 1 heterocycles. The van der Waals surface area contributed by atoms with Gasteiger partial charge in [0.15, 0.2) is 0 Å². The number of carboxylic acids is 1. The number of hydrogen-bond acceptors (Lipinski definition) is 3. The van der Waals surface area contributed by atoms with Crippen molar-refractivity contribution in [2.24, 2.45) is 0 Å². The molecule has 0 aliphatic rings. The zero-order valence-corrected chi connectivity index (χ0v) is 11.6. The molecular formula is C15H18N2O2. The first kappa shape index (κ1) is 13.3. The Morgan fingerprint density at radius 3 is 2.47 bits per heavy atom. The van der Waals surface area contributed by atoms with E-state index in [1.165, 1.54) is 5.56 Å². The molecule has 1 N–H and O–H groups in total. The molecule has 100 valence electrons. The van der Waals surface area contributed by atoms with Crippen LogP contribution in [0.1, 0.15) is 35.7 Å². The van der Waals surface area contributed by atoms with Crippen LogP contribution in [0.4, 0.5) is 5.82 Å². The van der Waals surface area contributed by atoms with Gasteiger partial charge in [-0.3, -0.25) is 0 Å². The van der Waals surface area contributed by atoms with Crippen LogP contribution in [0.3, 0.4) is 0 Å². The van der Waals surface area contributed by atoms with Gasteiger partial charge < -0.3 is 10.0 Å². The molecule has 0 spiro atoms. The summed E-state index contributed by atoms with van der Waals surface area (Å²) in [5.74, 6) is -0.0587. The Bertz CT molecular complexity index is 633. The van der Waals surface area contributed by atoms with Crippen LogP contribution in [0.25, 0.3) is 10.9 Å². The highest BCUT2D eigenvalue weighted by Crippen LogP contribution is 2.25. The number of nitrogens with zero attached hydrogens (tertiary/aromatic N) is 2. The van der Waals surface area contributed by atoms with E-state index in [9.17, 15) is 9.90 Å². The molecule has 2 aromatic rings. The second-order valence-electron chi connectivity index (χ2n) is 5.17. The molecule has 1 aromatic carbocycles. The summed E-state index contributed by atoms with van der Waals surface area (Å²) in [5, 5.41) is 10.2. The quantitative estimate of drug-likeness (QED) is 0.919. The Morgan fingerprint density at radius 1 is 1.26 bits per heavy atom. The summed E-state index contributed by atoms with van der Waals surface area (Å²) in [6.07, 6.45) is 0. The second-order valence-corrected chi connectivity index (χ2v) is 5.17. The Hall–Kier alpha value is -2.10. The third kappa shape index (κ3) is 2.52. The maximum Gasteiger partial charge on any atom is 0.339 e. The van der Waals surface area contributed by atoms with Crippen molar-refractivity contribution in [1.29, 1.82) is 0 Å². The molecule has 0 fully saturated rings. The Morgan fingerprint density at radius 2 is 1.95 bits per heavy atom. The largest absolute Gasteiger partial charge is 0.478 e.